The Kier molecular flexibility index (Phi) is 8.59. The van der Waals surface area contributed by atoms with Crippen molar-refractivity contribution >= 4 is 42.5 Å². The lowest BCUT2D eigenvalue weighted by molar-refractivity contribution is -0.116. The molecule has 0 bridgehead atoms. The van der Waals surface area contributed by atoms with Gasteiger partial charge in [0, 0.05) is 11.6 Å². The van der Waals surface area contributed by atoms with Crippen LogP contribution in [0.2, 0.25) is 0 Å². The first-order chi connectivity index (χ1) is 16.6. The van der Waals surface area contributed by atoms with Crippen LogP contribution in [-0.4, -0.2) is 24.2 Å². The second kappa shape index (κ2) is 12.3. The highest BCUT2D eigenvalue weighted by molar-refractivity contribution is 5.96. The Bertz CT molecular complexity index is 1270. The van der Waals surface area contributed by atoms with E-state index in [-0.39, 0.29) is 11.8 Å². The number of nitrogens with zero attached hydrogens (tertiary/aromatic N) is 2. The number of nitrogens with one attached hydrogen (secondary N) is 2. The van der Waals surface area contributed by atoms with Gasteiger partial charge in [0.2, 0.25) is 0 Å². The predicted octanol–water partition coefficient (Wildman–Crippen LogP) is 4.90. The SMILES string of the molecule is C=Cc1cccc(/C=N/NC(=O)/C=C/c2ccc(C(=O)N/N=C/c3cccc(C=C)c3)cc2)c1. The zero-order chi connectivity index (χ0) is 24.2. The first kappa shape index (κ1) is 23.8. The monoisotopic (exact) mass is 448 g/mol. The summed E-state index contributed by atoms with van der Waals surface area (Å²) in [4.78, 5) is 24.2. The van der Waals surface area contributed by atoms with E-state index in [0.717, 1.165) is 27.8 Å². The van der Waals surface area contributed by atoms with Gasteiger partial charge in [0.15, 0.2) is 0 Å². The van der Waals surface area contributed by atoms with E-state index in [0.29, 0.717) is 5.56 Å². The van der Waals surface area contributed by atoms with E-state index in [1.807, 2.05) is 48.5 Å². The number of carbonyl (C=O) groups is 2. The van der Waals surface area contributed by atoms with Gasteiger partial charge in [-0.1, -0.05) is 73.8 Å². The third-order valence-corrected chi connectivity index (χ3v) is 4.66. The number of hydrogen-bond acceptors (Lipinski definition) is 4. The molecule has 0 fully saturated rings. The zero-order valence-electron chi connectivity index (χ0n) is 18.5. The van der Waals surface area contributed by atoms with Crippen molar-refractivity contribution in [2.45, 2.75) is 0 Å². The Morgan fingerprint density at radius 3 is 1.76 bits per heavy atom. The van der Waals surface area contributed by atoms with Crippen LogP contribution in [-0.2, 0) is 4.79 Å². The molecule has 3 aromatic carbocycles. The highest BCUT2D eigenvalue weighted by atomic mass is 16.2. The highest BCUT2D eigenvalue weighted by Crippen LogP contribution is 2.07. The minimum atomic E-state index is -0.368. The third-order valence-electron chi connectivity index (χ3n) is 4.66. The first-order valence-corrected chi connectivity index (χ1v) is 10.5. The molecule has 0 radical (unpaired) electrons. The predicted molar refractivity (Wildman–Crippen MR) is 139 cm³/mol. The molecule has 3 aromatic rings. The molecule has 0 unspecified atom stereocenters. The molecule has 0 aliphatic heterocycles. The maximum Gasteiger partial charge on any atom is 0.271 e. The van der Waals surface area contributed by atoms with Crippen molar-refractivity contribution in [3.8, 4) is 0 Å². The van der Waals surface area contributed by atoms with E-state index in [2.05, 4.69) is 34.2 Å². The van der Waals surface area contributed by atoms with Crippen molar-refractivity contribution in [3.05, 3.63) is 125 Å². The van der Waals surface area contributed by atoms with E-state index in [4.69, 9.17) is 0 Å². The van der Waals surface area contributed by atoms with E-state index < -0.39 is 0 Å². The Labute approximate surface area is 198 Å². The number of hydrazone groups is 2. The van der Waals surface area contributed by atoms with Gasteiger partial charge in [-0.05, 0) is 58.2 Å². The van der Waals surface area contributed by atoms with Crippen LogP contribution in [0.1, 0.15) is 38.2 Å². The number of rotatable bonds is 9. The standard InChI is InChI=1S/C28H24N4O2/c1-3-21-7-5-9-24(17-21)19-29-31-27(33)16-13-23-11-14-26(15-12-23)28(34)32-30-20-25-10-6-8-22(4-2)18-25/h3-20H,1-2H2,(H,31,33)(H,32,34)/b16-13+,29-19+,30-20+. The van der Waals surface area contributed by atoms with Crippen LogP contribution < -0.4 is 10.9 Å². The van der Waals surface area contributed by atoms with Crippen LogP contribution >= 0.6 is 0 Å². The Morgan fingerprint density at radius 1 is 0.676 bits per heavy atom. The second-order valence-corrected chi connectivity index (χ2v) is 7.14. The van der Waals surface area contributed by atoms with Crippen LogP contribution in [0.3, 0.4) is 0 Å². The molecule has 2 amide bonds. The molecule has 0 spiro atoms. The fourth-order valence-electron chi connectivity index (χ4n) is 2.89. The van der Waals surface area contributed by atoms with E-state index in [9.17, 15) is 9.59 Å². The van der Waals surface area contributed by atoms with Gasteiger partial charge in [-0.15, -0.1) is 0 Å². The maximum atomic E-state index is 12.3. The molecule has 168 valence electrons. The lowest BCUT2D eigenvalue weighted by Gasteiger charge is -2.01. The fourth-order valence-corrected chi connectivity index (χ4v) is 2.89. The van der Waals surface area contributed by atoms with Crippen molar-refractivity contribution < 1.29 is 9.59 Å². The normalized spacial score (nSPS) is 11.1. The van der Waals surface area contributed by atoms with Crippen LogP contribution in [0.4, 0.5) is 0 Å². The molecule has 0 saturated carbocycles. The molecule has 3 rings (SSSR count). The summed E-state index contributed by atoms with van der Waals surface area (Å²) < 4.78 is 0. The minimum Gasteiger partial charge on any atom is -0.268 e. The van der Waals surface area contributed by atoms with Gasteiger partial charge in [0.05, 0.1) is 12.4 Å². The lowest BCUT2D eigenvalue weighted by Crippen LogP contribution is -2.17. The maximum absolute atomic E-state index is 12.3. The second-order valence-electron chi connectivity index (χ2n) is 7.14. The van der Waals surface area contributed by atoms with E-state index in [1.54, 1.807) is 54.9 Å². The van der Waals surface area contributed by atoms with E-state index in [1.165, 1.54) is 6.08 Å². The van der Waals surface area contributed by atoms with Gasteiger partial charge in [0.1, 0.15) is 0 Å². The number of amides is 2. The summed E-state index contributed by atoms with van der Waals surface area (Å²) in [6, 6.07) is 22.0. The van der Waals surface area contributed by atoms with Gasteiger partial charge in [0.25, 0.3) is 11.8 Å². The molecule has 0 aliphatic rings. The van der Waals surface area contributed by atoms with Gasteiger partial charge in [-0.3, -0.25) is 9.59 Å². The third kappa shape index (κ3) is 7.39. The summed E-state index contributed by atoms with van der Waals surface area (Å²) in [5.74, 6) is -0.702. The highest BCUT2D eigenvalue weighted by Gasteiger charge is 2.03. The van der Waals surface area contributed by atoms with Crippen LogP contribution in [0.5, 0.6) is 0 Å². The average Bonchev–Trinajstić information content (AvgIpc) is 2.88. The molecule has 0 aliphatic carbocycles. The molecule has 6 heteroatoms. The molecular formula is C28H24N4O2. The number of hydrogen-bond donors (Lipinski definition) is 2. The molecule has 0 aromatic heterocycles. The minimum absolute atomic E-state index is 0.334. The Balaban J connectivity index is 1.50. The van der Waals surface area contributed by atoms with Gasteiger partial charge < -0.3 is 0 Å². The summed E-state index contributed by atoms with van der Waals surface area (Å²) in [5.41, 5.74) is 9.80. The topological polar surface area (TPSA) is 82.9 Å². The van der Waals surface area contributed by atoms with Gasteiger partial charge in [-0.25, -0.2) is 10.9 Å². The van der Waals surface area contributed by atoms with Crippen molar-refractivity contribution in [2.75, 3.05) is 0 Å². The molecule has 0 saturated heterocycles. The first-order valence-electron chi connectivity index (χ1n) is 10.5. The summed E-state index contributed by atoms with van der Waals surface area (Å²) in [6.45, 7) is 7.45. The summed E-state index contributed by atoms with van der Waals surface area (Å²) in [7, 11) is 0. The van der Waals surface area contributed by atoms with Crippen molar-refractivity contribution in [1.29, 1.82) is 0 Å². The van der Waals surface area contributed by atoms with E-state index >= 15 is 0 Å². The number of carbonyl (C=O) groups excluding carboxylic acids is 2. The van der Waals surface area contributed by atoms with Crippen molar-refractivity contribution in [2.24, 2.45) is 10.2 Å². The van der Waals surface area contributed by atoms with Gasteiger partial charge in [-0.2, -0.15) is 10.2 Å². The Morgan fingerprint density at radius 2 is 1.21 bits per heavy atom. The smallest absolute Gasteiger partial charge is 0.268 e. The van der Waals surface area contributed by atoms with Crippen LogP contribution in [0, 0.1) is 0 Å². The summed E-state index contributed by atoms with van der Waals surface area (Å²) in [6.07, 6.45) is 9.62. The van der Waals surface area contributed by atoms with Crippen LogP contribution in [0.15, 0.2) is 102 Å². The molecule has 0 atom stereocenters. The zero-order valence-corrected chi connectivity index (χ0v) is 18.5. The summed E-state index contributed by atoms with van der Waals surface area (Å²) in [5, 5.41) is 7.94. The van der Waals surface area contributed by atoms with Crippen molar-refractivity contribution in [1.82, 2.24) is 10.9 Å². The number of benzene rings is 3. The quantitative estimate of drug-likeness (QED) is 0.277. The molecule has 0 heterocycles. The van der Waals surface area contributed by atoms with Crippen LogP contribution in [0.25, 0.3) is 18.2 Å². The summed E-state index contributed by atoms with van der Waals surface area (Å²) >= 11 is 0. The molecule has 34 heavy (non-hydrogen) atoms. The van der Waals surface area contributed by atoms with Gasteiger partial charge >= 0.3 is 0 Å². The average molecular weight is 449 g/mol. The molecular weight excluding hydrogens is 424 g/mol. The fraction of sp³-hybridized carbons (Fsp3) is 0. The largest absolute Gasteiger partial charge is 0.271 e. The molecule has 6 nitrogen and oxygen atoms in total. The van der Waals surface area contributed by atoms with Crippen molar-refractivity contribution in [3.63, 3.8) is 0 Å². The molecule has 2 N–H and O–H groups in total. The lowest BCUT2D eigenvalue weighted by atomic mass is 10.1. The Hall–Kier alpha value is -4.84.